The fraction of sp³-hybridized carbons (Fsp3) is 0.0789. The molecule has 236 valence electrons. The molecule has 3 amide bonds. The van der Waals surface area contributed by atoms with Gasteiger partial charge in [-0.3, -0.25) is 14.4 Å². The van der Waals surface area contributed by atoms with Crippen molar-refractivity contribution in [3.8, 4) is 5.75 Å². The number of hydrogen-bond acceptors (Lipinski definition) is 5. The van der Waals surface area contributed by atoms with Gasteiger partial charge in [-0.05, 0) is 84.3 Å². The van der Waals surface area contributed by atoms with E-state index in [0.29, 0.717) is 27.7 Å². The Labute approximate surface area is 283 Å². The minimum Gasteiger partial charge on any atom is -0.495 e. The first kappa shape index (κ1) is 33.1. The lowest BCUT2D eigenvalue weighted by Crippen LogP contribution is -2.30. The quantitative estimate of drug-likeness (QED) is 0.0974. The summed E-state index contributed by atoms with van der Waals surface area (Å²) in [7, 11) is 1.53. The van der Waals surface area contributed by atoms with Gasteiger partial charge in [-0.2, -0.15) is 0 Å². The fourth-order valence-electron chi connectivity index (χ4n) is 4.65. The van der Waals surface area contributed by atoms with Crippen molar-refractivity contribution in [1.29, 1.82) is 0 Å². The van der Waals surface area contributed by atoms with Crippen LogP contribution in [0.2, 0.25) is 5.02 Å². The highest BCUT2D eigenvalue weighted by Gasteiger charge is 2.23. The molecule has 0 aliphatic carbocycles. The number of amides is 3. The van der Waals surface area contributed by atoms with Crippen molar-refractivity contribution in [3.63, 3.8) is 0 Å². The molecule has 5 rings (SSSR count). The summed E-state index contributed by atoms with van der Waals surface area (Å²) in [5, 5.41) is 8.43. The van der Waals surface area contributed by atoms with E-state index in [1.807, 2.05) is 79.7 Å². The monoisotopic (exact) mass is 661 g/mol. The van der Waals surface area contributed by atoms with Crippen molar-refractivity contribution in [2.45, 2.75) is 17.1 Å². The van der Waals surface area contributed by atoms with E-state index in [0.717, 1.165) is 21.6 Å². The number of halogens is 1. The molecule has 1 unspecified atom stereocenters. The largest absolute Gasteiger partial charge is 0.495 e. The number of nitrogens with one attached hydrogen (secondary N) is 3. The number of thioether (sulfide) groups is 1. The molecule has 1 atom stereocenters. The summed E-state index contributed by atoms with van der Waals surface area (Å²) < 4.78 is 5.22. The van der Waals surface area contributed by atoms with Gasteiger partial charge in [0.05, 0.1) is 12.1 Å². The molecule has 0 spiro atoms. The lowest BCUT2D eigenvalue weighted by atomic mass is 10.1. The van der Waals surface area contributed by atoms with Crippen molar-refractivity contribution in [1.82, 2.24) is 5.32 Å². The smallest absolute Gasteiger partial charge is 0.272 e. The predicted molar refractivity (Wildman–Crippen MR) is 190 cm³/mol. The summed E-state index contributed by atoms with van der Waals surface area (Å²) in [6.07, 6.45) is 1.66. The van der Waals surface area contributed by atoms with E-state index in [2.05, 4.69) is 16.0 Å². The van der Waals surface area contributed by atoms with Crippen LogP contribution >= 0.6 is 23.4 Å². The highest BCUT2D eigenvalue weighted by Crippen LogP contribution is 2.37. The normalized spacial score (nSPS) is 11.7. The van der Waals surface area contributed by atoms with E-state index in [1.165, 1.54) is 18.9 Å². The SMILES string of the molecule is COc1ccc(NC(=O)C(Sc2ccc(NC(=O)/C(=C/c3ccccc3C)NC(=O)c3ccccc3)cc2)c2ccccc2)cc1Cl. The second kappa shape index (κ2) is 15.8. The molecule has 5 aromatic carbocycles. The summed E-state index contributed by atoms with van der Waals surface area (Å²) in [6.45, 7) is 1.94. The number of rotatable bonds is 11. The summed E-state index contributed by atoms with van der Waals surface area (Å²) in [6, 6.07) is 38.1. The first-order valence-electron chi connectivity index (χ1n) is 14.7. The van der Waals surface area contributed by atoms with E-state index < -0.39 is 17.1 Å². The van der Waals surface area contributed by atoms with Crippen LogP contribution in [0.1, 0.15) is 32.3 Å². The third-order valence-corrected chi connectivity index (χ3v) is 8.70. The molecule has 0 bridgehead atoms. The molecule has 0 heterocycles. The Balaban J connectivity index is 1.33. The molecule has 0 aliphatic rings. The van der Waals surface area contributed by atoms with E-state index in [1.54, 1.807) is 60.7 Å². The maximum absolute atomic E-state index is 13.5. The molecule has 7 nitrogen and oxygen atoms in total. The number of benzene rings is 5. The molecule has 0 aromatic heterocycles. The second-order valence-corrected chi connectivity index (χ2v) is 12.0. The van der Waals surface area contributed by atoms with Crippen LogP contribution in [0.4, 0.5) is 11.4 Å². The van der Waals surface area contributed by atoms with Gasteiger partial charge in [0, 0.05) is 21.8 Å². The van der Waals surface area contributed by atoms with E-state index in [9.17, 15) is 14.4 Å². The van der Waals surface area contributed by atoms with E-state index in [-0.39, 0.29) is 11.6 Å². The highest BCUT2D eigenvalue weighted by atomic mass is 35.5. The van der Waals surface area contributed by atoms with Gasteiger partial charge in [0.2, 0.25) is 5.91 Å². The number of aryl methyl sites for hydroxylation is 1. The molecule has 5 aromatic rings. The van der Waals surface area contributed by atoms with E-state index >= 15 is 0 Å². The first-order valence-corrected chi connectivity index (χ1v) is 16.0. The average molecular weight is 662 g/mol. The van der Waals surface area contributed by atoms with Crippen molar-refractivity contribution >= 4 is 58.5 Å². The number of hydrogen-bond donors (Lipinski definition) is 3. The summed E-state index contributed by atoms with van der Waals surface area (Å²) in [5.41, 5.74) is 4.20. The molecule has 0 saturated heterocycles. The van der Waals surface area contributed by atoms with Crippen LogP contribution in [0.15, 0.2) is 138 Å². The van der Waals surface area contributed by atoms with Gasteiger partial charge in [0.25, 0.3) is 11.8 Å². The second-order valence-electron chi connectivity index (χ2n) is 10.5. The highest BCUT2D eigenvalue weighted by molar-refractivity contribution is 8.00. The molecule has 47 heavy (non-hydrogen) atoms. The Morgan fingerprint density at radius 1 is 0.766 bits per heavy atom. The van der Waals surface area contributed by atoms with Crippen molar-refractivity contribution in [3.05, 3.63) is 160 Å². The predicted octanol–water partition coefficient (Wildman–Crippen LogP) is 8.54. The Morgan fingerprint density at radius 2 is 1.40 bits per heavy atom. The van der Waals surface area contributed by atoms with Crippen molar-refractivity contribution in [2.24, 2.45) is 0 Å². The summed E-state index contributed by atoms with van der Waals surface area (Å²) >= 11 is 7.65. The molecule has 0 radical (unpaired) electrons. The molecular formula is C38H32ClN3O4S. The number of ether oxygens (including phenoxy) is 1. The Hall–Kier alpha value is -5.31. The molecule has 3 N–H and O–H groups in total. The Kier molecular flexibility index (Phi) is 11.1. The van der Waals surface area contributed by atoms with Gasteiger partial charge in [-0.15, -0.1) is 11.8 Å². The lowest BCUT2D eigenvalue weighted by molar-refractivity contribution is -0.116. The van der Waals surface area contributed by atoms with Crippen molar-refractivity contribution < 1.29 is 19.1 Å². The van der Waals surface area contributed by atoms with Gasteiger partial charge >= 0.3 is 0 Å². The van der Waals surface area contributed by atoms with Gasteiger partial charge in [0.1, 0.15) is 16.7 Å². The van der Waals surface area contributed by atoms with Crippen LogP contribution in [0, 0.1) is 6.92 Å². The zero-order valence-electron chi connectivity index (χ0n) is 25.7. The van der Waals surface area contributed by atoms with Crippen LogP contribution in [-0.2, 0) is 9.59 Å². The zero-order chi connectivity index (χ0) is 33.2. The van der Waals surface area contributed by atoms with Crippen LogP contribution in [0.3, 0.4) is 0 Å². The Morgan fingerprint density at radius 3 is 2.06 bits per heavy atom. The van der Waals surface area contributed by atoms with Crippen LogP contribution in [0.5, 0.6) is 5.75 Å². The maximum atomic E-state index is 13.5. The topological polar surface area (TPSA) is 96.5 Å². The number of carbonyl (C=O) groups excluding carboxylic acids is 3. The minimum atomic E-state index is -0.575. The maximum Gasteiger partial charge on any atom is 0.272 e. The lowest BCUT2D eigenvalue weighted by Gasteiger charge is -2.18. The first-order chi connectivity index (χ1) is 22.8. The molecular weight excluding hydrogens is 630 g/mol. The minimum absolute atomic E-state index is 0.103. The fourth-order valence-corrected chi connectivity index (χ4v) is 5.93. The standard InChI is InChI=1S/C38H32ClN3O4S/c1-25-11-9-10-16-28(25)23-33(42-36(43)27-14-7-4-8-15-27)37(44)40-29-17-20-31(21-18-29)47-35(26-12-5-3-6-13-26)38(45)41-30-19-22-34(46-2)32(39)24-30/h3-24,35H,1-2H3,(H,40,44)(H,41,45)(H,42,43)/b33-23-. The molecule has 0 saturated carbocycles. The zero-order valence-corrected chi connectivity index (χ0v) is 27.3. The van der Waals surface area contributed by atoms with Gasteiger partial charge in [-0.1, -0.05) is 84.4 Å². The van der Waals surface area contributed by atoms with Gasteiger partial charge in [0.15, 0.2) is 0 Å². The molecule has 9 heteroatoms. The third-order valence-electron chi connectivity index (χ3n) is 7.14. The van der Waals surface area contributed by atoms with Crippen LogP contribution in [-0.4, -0.2) is 24.8 Å². The molecule has 0 aliphatic heterocycles. The Bertz CT molecular complexity index is 1900. The van der Waals surface area contributed by atoms with Gasteiger partial charge in [-0.25, -0.2) is 0 Å². The molecule has 0 fully saturated rings. The van der Waals surface area contributed by atoms with Crippen molar-refractivity contribution in [2.75, 3.05) is 17.7 Å². The van der Waals surface area contributed by atoms with Crippen LogP contribution < -0.4 is 20.7 Å². The number of carbonyl (C=O) groups is 3. The average Bonchev–Trinajstić information content (AvgIpc) is 3.09. The summed E-state index contributed by atoms with van der Waals surface area (Å²) in [5.74, 6) is -0.575. The van der Waals surface area contributed by atoms with Crippen LogP contribution in [0.25, 0.3) is 6.08 Å². The van der Waals surface area contributed by atoms with Gasteiger partial charge < -0.3 is 20.7 Å². The summed E-state index contributed by atoms with van der Waals surface area (Å²) in [4.78, 5) is 40.8. The third kappa shape index (κ3) is 8.91. The van der Waals surface area contributed by atoms with E-state index in [4.69, 9.17) is 16.3 Å². The number of methoxy groups -OCH3 is 1. The number of anilines is 2.